The number of hydrogen-bond acceptors (Lipinski definition) is 4. The van der Waals surface area contributed by atoms with Crippen molar-refractivity contribution in [2.75, 3.05) is 13.2 Å². The largest absolute Gasteiger partial charge is 0.478 e. The van der Waals surface area contributed by atoms with Crippen molar-refractivity contribution in [3.05, 3.63) is 70.8 Å². The number of aliphatic imine (C=N–C) groups is 2. The summed E-state index contributed by atoms with van der Waals surface area (Å²) in [7, 11) is 0. The van der Waals surface area contributed by atoms with Gasteiger partial charge in [-0.3, -0.25) is 0 Å². The second kappa shape index (κ2) is 7.44. The Morgan fingerprint density at radius 1 is 0.588 bits per heavy atom. The molecule has 4 nitrogen and oxygen atoms in total. The van der Waals surface area contributed by atoms with Crippen molar-refractivity contribution in [3.8, 4) is 0 Å². The van der Waals surface area contributed by atoms with Crippen LogP contribution in [0.25, 0.3) is 0 Å². The third-order valence-electron chi connectivity index (χ3n) is 8.35. The van der Waals surface area contributed by atoms with Gasteiger partial charge in [0.2, 0.25) is 0 Å². The van der Waals surface area contributed by atoms with Gasteiger partial charge in [0.05, 0.1) is 23.9 Å². The van der Waals surface area contributed by atoms with Crippen LogP contribution >= 0.6 is 0 Å². The third-order valence-corrected chi connectivity index (χ3v) is 8.35. The SMILES string of the molecule is CC(C)(C)[C@H]1COC([C@H]2C3c4ccccc4C(c4ccccc43)[C@@H]2C2=N[C@@H](C(C)(C)C)CO2)=N1. The van der Waals surface area contributed by atoms with E-state index in [0.29, 0.717) is 13.2 Å². The molecular weight excluding hydrogens is 420 g/mol. The van der Waals surface area contributed by atoms with Gasteiger partial charge in [0.25, 0.3) is 0 Å². The van der Waals surface area contributed by atoms with Crippen molar-refractivity contribution in [3.63, 3.8) is 0 Å². The number of rotatable bonds is 2. The zero-order valence-electron chi connectivity index (χ0n) is 21.2. The molecule has 5 aliphatic rings. The predicted molar refractivity (Wildman–Crippen MR) is 137 cm³/mol. The molecule has 2 aromatic carbocycles. The van der Waals surface area contributed by atoms with Gasteiger partial charge in [-0.1, -0.05) is 90.1 Å². The van der Waals surface area contributed by atoms with Crippen LogP contribution in [0.5, 0.6) is 0 Å². The van der Waals surface area contributed by atoms with Crippen molar-refractivity contribution < 1.29 is 9.47 Å². The molecule has 2 heterocycles. The van der Waals surface area contributed by atoms with Crippen LogP contribution in [0.15, 0.2) is 58.5 Å². The number of hydrogen-bond donors (Lipinski definition) is 0. The zero-order valence-corrected chi connectivity index (χ0v) is 21.2. The molecule has 0 saturated heterocycles. The van der Waals surface area contributed by atoms with Gasteiger partial charge in [-0.2, -0.15) is 0 Å². The van der Waals surface area contributed by atoms with E-state index in [1.807, 2.05) is 0 Å². The summed E-state index contributed by atoms with van der Waals surface area (Å²) in [6.07, 6.45) is 0. The van der Waals surface area contributed by atoms with Crippen molar-refractivity contribution in [1.82, 2.24) is 0 Å². The highest BCUT2D eigenvalue weighted by Crippen LogP contribution is 2.60. The molecule has 3 aliphatic carbocycles. The summed E-state index contributed by atoms with van der Waals surface area (Å²) in [5.74, 6) is 2.38. The molecule has 0 aromatic heterocycles. The van der Waals surface area contributed by atoms with Gasteiger partial charge >= 0.3 is 0 Å². The molecule has 0 N–H and O–H groups in total. The van der Waals surface area contributed by atoms with E-state index in [0.717, 1.165) is 11.8 Å². The second-order valence-electron chi connectivity index (χ2n) is 12.6. The topological polar surface area (TPSA) is 43.2 Å². The normalized spacial score (nSPS) is 31.8. The fraction of sp³-hybridized carbons (Fsp3) is 0.533. The van der Waals surface area contributed by atoms with E-state index in [2.05, 4.69) is 90.1 Å². The maximum Gasteiger partial charge on any atom is 0.188 e. The lowest BCUT2D eigenvalue weighted by atomic mass is 9.54. The first-order chi connectivity index (χ1) is 16.1. The summed E-state index contributed by atoms with van der Waals surface area (Å²) in [4.78, 5) is 10.4. The van der Waals surface area contributed by atoms with Gasteiger partial charge in [0.1, 0.15) is 13.2 Å². The van der Waals surface area contributed by atoms with Crippen molar-refractivity contribution >= 4 is 11.8 Å². The van der Waals surface area contributed by atoms with Gasteiger partial charge in [-0.25, -0.2) is 9.98 Å². The lowest BCUT2D eigenvalue weighted by molar-refractivity contribution is 0.202. The van der Waals surface area contributed by atoms with Crippen LogP contribution in [0, 0.1) is 22.7 Å². The highest BCUT2D eigenvalue weighted by Gasteiger charge is 2.56. The fourth-order valence-corrected chi connectivity index (χ4v) is 6.31. The summed E-state index contributed by atoms with van der Waals surface area (Å²) >= 11 is 0. The van der Waals surface area contributed by atoms with E-state index >= 15 is 0 Å². The quantitative estimate of drug-likeness (QED) is 0.540. The molecule has 4 atom stereocenters. The monoisotopic (exact) mass is 456 g/mol. The number of fused-ring (bicyclic) bond motifs is 1. The van der Waals surface area contributed by atoms with Crippen LogP contribution in [0.4, 0.5) is 0 Å². The molecule has 0 fully saturated rings. The Morgan fingerprint density at radius 2 is 0.912 bits per heavy atom. The van der Waals surface area contributed by atoms with Gasteiger partial charge in [-0.15, -0.1) is 0 Å². The van der Waals surface area contributed by atoms with Crippen LogP contribution < -0.4 is 0 Å². The first kappa shape index (κ1) is 21.9. The van der Waals surface area contributed by atoms with E-state index in [4.69, 9.17) is 19.5 Å². The molecule has 0 amide bonds. The molecule has 0 radical (unpaired) electrons. The highest BCUT2D eigenvalue weighted by atomic mass is 16.5. The lowest BCUT2D eigenvalue weighted by Crippen LogP contribution is -2.47. The summed E-state index contributed by atoms with van der Waals surface area (Å²) < 4.78 is 12.9. The van der Waals surface area contributed by atoms with Gasteiger partial charge in [0, 0.05) is 11.8 Å². The van der Waals surface area contributed by atoms with E-state index in [1.165, 1.54) is 22.3 Å². The van der Waals surface area contributed by atoms with Crippen molar-refractivity contribution in [2.45, 2.75) is 65.5 Å². The van der Waals surface area contributed by atoms with Gasteiger partial charge < -0.3 is 9.47 Å². The Morgan fingerprint density at radius 3 is 1.18 bits per heavy atom. The Hall–Kier alpha value is -2.62. The molecule has 0 spiro atoms. The van der Waals surface area contributed by atoms with Gasteiger partial charge in [0.15, 0.2) is 11.8 Å². The average Bonchev–Trinajstić information content (AvgIpc) is 3.48. The highest BCUT2D eigenvalue weighted by molar-refractivity contribution is 5.93. The molecule has 34 heavy (non-hydrogen) atoms. The summed E-state index contributed by atoms with van der Waals surface area (Å²) in [6.45, 7) is 14.8. The average molecular weight is 457 g/mol. The molecule has 0 unspecified atom stereocenters. The van der Waals surface area contributed by atoms with E-state index in [9.17, 15) is 0 Å². The molecule has 4 heteroatoms. The molecule has 178 valence electrons. The molecule has 2 aliphatic heterocycles. The van der Waals surface area contributed by atoms with Crippen LogP contribution in [-0.2, 0) is 9.47 Å². The number of ether oxygens (including phenoxy) is 2. The molecule has 7 rings (SSSR count). The van der Waals surface area contributed by atoms with Crippen LogP contribution in [0.3, 0.4) is 0 Å². The maximum absolute atomic E-state index is 6.44. The Balaban J connectivity index is 1.55. The Labute approximate surface area is 203 Å². The lowest BCUT2D eigenvalue weighted by Gasteiger charge is -2.49. The maximum atomic E-state index is 6.44. The van der Waals surface area contributed by atoms with Crippen LogP contribution in [0.1, 0.15) is 75.6 Å². The van der Waals surface area contributed by atoms with E-state index in [1.54, 1.807) is 0 Å². The second-order valence-corrected chi connectivity index (χ2v) is 12.6. The van der Waals surface area contributed by atoms with Gasteiger partial charge in [-0.05, 0) is 33.1 Å². The smallest absolute Gasteiger partial charge is 0.188 e. The summed E-state index contributed by atoms with van der Waals surface area (Å²) in [6, 6.07) is 18.2. The Kier molecular flexibility index (Phi) is 4.79. The summed E-state index contributed by atoms with van der Waals surface area (Å²) in [5, 5.41) is 0. The summed E-state index contributed by atoms with van der Waals surface area (Å²) in [5.41, 5.74) is 5.76. The first-order valence-corrected chi connectivity index (χ1v) is 12.7. The molecule has 0 saturated carbocycles. The van der Waals surface area contributed by atoms with Crippen molar-refractivity contribution in [2.24, 2.45) is 32.7 Å². The van der Waals surface area contributed by atoms with E-state index < -0.39 is 0 Å². The minimum absolute atomic E-state index is 0.0689. The Bertz CT molecular complexity index is 1040. The van der Waals surface area contributed by atoms with E-state index in [-0.39, 0.29) is 46.6 Å². The molecular formula is C30H36N2O2. The third kappa shape index (κ3) is 3.25. The predicted octanol–water partition coefficient (Wildman–Crippen LogP) is 6.20. The number of nitrogens with zero attached hydrogens (tertiary/aromatic N) is 2. The standard InChI is InChI=1S/C30H36N2O2/c1-29(2,3)21-15-33-27(31-21)25-23-17-11-7-9-13-19(17)24(20-14-10-8-12-18(20)23)26(25)28-32-22(16-34-28)30(4,5)6/h7-14,21-26H,15-16H2,1-6H3/t21-,22-,23?,24?,25+,26+/m1/s1. The van der Waals surface area contributed by atoms with Crippen LogP contribution in [0.2, 0.25) is 0 Å². The first-order valence-electron chi connectivity index (χ1n) is 12.7. The van der Waals surface area contributed by atoms with Crippen molar-refractivity contribution in [1.29, 1.82) is 0 Å². The number of benzene rings is 2. The fourth-order valence-electron chi connectivity index (χ4n) is 6.31. The minimum Gasteiger partial charge on any atom is -0.478 e. The molecule has 2 aromatic rings. The molecule has 2 bridgehead atoms. The minimum atomic E-state index is 0.0689. The zero-order chi connectivity index (χ0) is 23.8. The van der Waals surface area contributed by atoms with Crippen LogP contribution in [-0.4, -0.2) is 37.1 Å².